The molecule has 1 rings (SSSR count). The van der Waals surface area contributed by atoms with Crippen LogP contribution >= 0.6 is 0 Å². The second-order valence-electron chi connectivity index (χ2n) is 4.72. The highest BCUT2D eigenvalue weighted by Crippen LogP contribution is 2.25. The smallest absolute Gasteiger partial charge is 0.123 e. The summed E-state index contributed by atoms with van der Waals surface area (Å²) in [4.78, 5) is 4.23. The van der Waals surface area contributed by atoms with Crippen molar-refractivity contribution in [3.63, 3.8) is 0 Å². The molecule has 4 heteroatoms. The maximum Gasteiger partial charge on any atom is 0.123 e. The largest absolute Gasteiger partial charge is 0.373 e. The minimum absolute atomic E-state index is 0.164. The van der Waals surface area contributed by atoms with Gasteiger partial charge in [-0.2, -0.15) is 0 Å². The summed E-state index contributed by atoms with van der Waals surface area (Å²) in [5, 5.41) is 0. The molecule has 0 fully saturated rings. The fourth-order valence-corrected chi connectivity index (χ4v) is 1.71. The standard InChI is InChI=1S/C13H22FN3/c1-10(15)12-9-11(14)5-6-13(12)17(4)8-7-16(2)3/h5-6,9-10H,7-8,15H2,1-4H3/t10-/m0/s1. The molecule has 0 bridgehead atoms. The Hall–Kier alpha value is -1.13. The van der Waals surface area contributed by atoms with E-state index in [4.69, 9.17) is 5.73 Å². The quantitative estimate of drug-likeness (QED) is 0.851. The molecule has 2 N–H and O–H groups in total. The number of benzene rings is 1. The van der Waals surface area contributed by atoms with Crippen molar-refractivity contribution in [2.24, 2.45) is 5.73 Å². The van der Waals surface area contributed by atoms with E-state index < -0.39 is 0 Å². The fourth-order valence-electron chi connectivity index (χ4n) is 1.71. The Balaban J connectivity index is 2.88. The van der Waals surface area contributed by atoms with Crippen molar-refractivity contribution in [1.29, 1.82) is 0 Å². The lowest BCUT2D eigenvalue weighted by Gasteiger charge is -2.25. The van der Waals surface area contributed by atoms with Gasteiger partial charge in [0.2, 0.25) is 0 Å². The van der Waals surface area contributed by atoms with Crippen molar-refractivity contribution in [2.75, 3.05) is 39.1 Å². The summed E-state index contributed by atoms with van der Waals surface area (Å²) in [6.45, 7) is 3.71. The Labute approximate surface area is 103 Å². The predicted octanol–water partition coefficient (Wildman–Crippen LogP) is 1.84. The van der Waals surface area contributed by atoms with E-state index in [0.29, 0.717) is 0 Å². The van der Waals surface area contributed by atoms with Crippen LogP contribution in [0.2, 0.25) is 0 Å². The number of rotatable bonds is 5. The molecule has 96 valence electrons. The maximum atomic E-state index is 13.2. The Bertz CT molecular complexity index is 364. The number of halogens is 1. The normalized spacial score (nSPS) is 12.9. The molecule has 0 aliphatic carbocycles. The Morgan fingerprint density at radius 1 is 1.24 bits per heavy atom. The monoisotopic (exact) mass is 239 g/mol. The first kappa shape index (κ1) is 13.9. The first-order valence-corrected chi connectivity index (χ1v) is 5.82. The van der Waals surface area contributed by atoms with Gasteiger partial charge in [0.15, 0.2) is 0 Å². The van der Waals surface area contributed by atoms with Crippen LogP contribution in [0.3, 0.4) is 0 Å². The maximum absolute atomic E-state index is 13.2. The van der Waals surface area contributed by atoms with Crippen molar-refractivity contribution in [3.05, 3.63) is 29.6 Å². The lowest BCUT2D eigenvalue weighted by Crippen LogP contribution is -2.29. The van der Waals surface area contributed by atoms with Gasteiger partial charge < -0.3 is 15.5 Å². The minimum atomic E-state index is -0.234. The average molecular weight is 239 g/mol. The molecule has 0 amide bonds. The molecular formula is C13H22FN3. The summed E-state index contributed by atoms with van der Waals surface area (Å²) in [6, 6.07) is 4.63. The van der Waals surface area contributed by atoms with Crippen molar-refractivity contribution >= 4 is 5.69 Å². The molecule has 3 nitrogen and oxygen atoms in total. The number of nitrogens with two attached hydrogens (primary N) is 1. The molecule has 0 saturated carbocycles. The van der Waals surface area contributed by atoms with Gasteiger partial charge in [0.1, 0.15) is 5.82 Å². The SMILES string of the molecule is C[C@H](N)c1cc(F)ccc1N(C)CCN(C)C. The molecule has 0 unspecified atom stereocenters. The van der Waals surface area contributed by atoms with Crippen LogP contribution in [-0.4, -0.2) is 39.1 Å². The van der Waals surface area contributed by atoms with Crippen molar-refractivity contribution in [1.82, 2.24) is 4.90 Å². The van der Waals surface area contributed by atoms with E-state index >= 15 is 0 Å². The van der Waals surface area contributed by atoms with Crippen molar-refractivity contribution in [2.45, 2.75) is 13.0 Å². The van der Waals surface area contributed by atoms with E-state index in [1.807, 2.05) is 28.1 Å². The molecular weight excluding hydrogens is 217 g/mol. The molecule has 0 saturated heterocycles. The van der Waals surface area contributed by atoms with Gasteiger partial charge in [-0.3, -0.25) is 0 Å². The second kappa shape index (κ2) is 5.98. The van der Waals surface area contributed by atoms with Gasteiger partial charge in [-0.15, -0.1) is 0 Å². The van der Waals surface area contributed by atoms with Gasteiger partial charge in [0.05, 0.1) is 0 Å². The Kier molecular flexibility index (Phi) is 4.90. The predicted molar refractivity (Wildman–Crippen MR) is 70.8 cm³/mol. The van der Waals surface area contributed by atoms with Gasteiger partial charge in [0, 0.05) is 31.9 Å². The van der Waals surface area contributed by atoms with Crippen LogP contribution in [0.15, 0.2) is 18.2 Å². The summed E-state index contributed by atoms with van der Waals surface area (Å²) in [6.07, 6.45) is 0. The third-order valence-corrected chi connectivity index (χ3v) is 2.77. The number of likely N-dealkylation sites (N-methyl/N-ethyl adjacent to an activating group) is 2. The van der Waals surface area contributed by atoms with Crippen LogP contribution in [-0.2, 0) is 0 Å². The van der Waals surface area contributed by atoms with Crippen molar-refractivity contribution < 1.29 is 4.39 Å². The van der Waals surface area contributed by atoms with Gasteiger partial charge >= 0.3 is 0 Å². The molecule has 0 radical (unpaired) electrons. The lowest BCUT2D eigenvalue weighted by atomic mass is 10.1. The summed E-state index contributed by atoms with van der Waals surface area (Å²) >= 11 is 0. The third kappa shape index (κ3) is 3.98. The molecule has 1 atom stereocenters. The number of nitrogens with zero attached hydrogens (tertiary/aromatic N) is 2. The first-order valence-electron chi connectivity index (χ1n) is 5.82. The second-order valence-corrected chi connectivity index (χ2v) is 4.72. The fraction of sp³-hybridized carbons (Fsp3) is 0.538. The van der Waals surface area contributed by atoms with Crippen LogP contribution in [0, 0.1) is 5.82 Å². The molecule has 0 aromatic heterocycles. The molecule has 1 aromatic rings. The number of hydrogen-bond acceptors (Lipinski definition) is 3. The molecule has 0 heterocycles. The van der Waals surface area contributed by atoms with Crippen LogP contribution in [0.5, 0.6) is 0 Å². The molecule has 0 spiro atoms. The number of anilines is 1. The molecule has 17 heavy (non-hydrogen) atoms. The van der Waals surface area contributed by atoms with Gasteiger partial charge in [-0.25, -0.2) is 4.39 Å². The number of hydrogen-bond donors (Lipinski definition) is 1. The summed E-state index contributed by atoms with van der Waals surface area (Å²) in [7, 11) is 6.07. The van der Waals surface area contributed by atoms with Crippen LogP contribution in [0.1, 0.15) is 18.5 Å². The van der Waals surface area contributed by atoms with Gasteiger partial charge in [0.25, 0.3) is 0 Å². The van der Waals surface area contributed by atoms with E-state index in [-0.39, 0.29) is 11.9 Å². The average Bonchev–Trinajstić information content (AvgIpc) is 2.25. The van der Waals surface area contributed by atoms with Crippen molar-refractivity contribution in [3.8, 4) is 0 Å². The highest BCUT2D eigenvalue weighted by Gasteiger charge is 2.11. The minimum Gasteiger partial charge on any atom is -0.373 e. The van der Waals surface area contributed by atoms with Crippen LogP contribution in [0.4, 0.5) is 10.1 Å². The van der Waals surface area contributed by atoms with Crippen LogP contribution in [0.25, 0.3) is 0 Å². The zero-order valence-corrected chi connectivity index (χ0v) is 11.1. The molecule has 0 aliphatic heterocycles. The highest BCUT2D eigenvalue weighted by atomic mass is 19.1. The Morgan fingerprint density at radius 3 is 2.41 bits per heavy atom. The highest BCUT2D eigenvalue weighted by molar-refractivity contribution is 5.54. The van der Waals surface area contributed by atoms with E-state index in [2.05, 4.69) is 9.80 Å². The van der Waals surface area contributed by atoms with E-state index in [0.717, 1.165) is 24.3 Å². The third-order valence-electron chi connectivity index (χ3n) is 2.77. The van der Waals surface area contributed by atoms with Gasteiger partial charge in [-0.1, -0.05) is 0 Å². The summed E-state index contributed by atoms with van der Waals surface area (Å²) in [5.74, 6) is -0.234. The lowest BCUT2D eigenvalue weighted by molar-refractivity contribution is 0.416. The first-order chi connectivity index (χ1) is 7.91. The molecule has 1 aromatic carbocycles. The zero-order valence-electron chi connectivity index (χ0n) is 11.1. The zero-order chi connectivity index (χ0) is 13.0. The van der Waals surface area contributed by atoms with Gasteiger partial charge in [-0.05, 0) is 44.8 Å². The topological polar surface area (TPSA) is 32.5 Å². The van der Waals surface area contributed by atoms with Crippen LogP contribution < -0.4 is 10.6 Å². The Morgan fingerprint density at radius 2 is 1.88 bits per heavy atom. The van der Waals surface area contributed by atoms with E-state index in [9.17, 15) is 4.39 Å². The summed E-state index contributed by atoms with van der Waals surface area (Å²) in [5.41, 5.74) is 7.73. The van der Waals surface area contributed by atoms with E-state index in [1.165, 1.54) is 12.1 Å². The molecule has 0 aliphatic rings. The summed E-state index contributed by atoms with van der Waals surface area (Å²) < 4.78 is 13.2. The van der Waals surface area contributed by atoms with E-state index in [1.54, 1.807) is 6.07 Å².